The summed E-state index contributed by atoms with van der Waals surface area (Å²) in [4.78, 5) is 26.5. The first-order valence-electron chi connectivity index (χ1n) is 7.42. The van der Waals surface area contributed by atoms with Gasteiger partial charge in [-0.15, -0.1) is 0 Å². The van der Waals surface area contributed by atoms with Crippen LogP contribution in [0, 0.1) is 0 Å². The van der Waals surface area contributed by atoms with Crippen molar-refractivity contribution < 1.29 is 14.3 Å². The molecule has 0 radical (unpaired) electrons. The van der Waals surface area contributed by atoms with Crippen LogP contribution in [0.25, 0.3) is 6.08 Å². The van der Waals surface area contributed by atoms with Crippen LogP contribution < -0.4 is 4.74 Å². The Morgan fingerprint density at radius 1 is 1.19 bits per heavy atom. The molecular weight excluding hydrogens is 506 g/mol. The number of carbonyl (C=O) groups excluding carboxylic acids is 2. The number of benzene rings is 2. The van der Waals surface area contributed by atoms with Crippen molar-refractivity contribution in [2.45, 2.75) is 6.54 Å². The zero-order chi connectivity index (χ0) is 18.8. The fraction of sp³-hybridized carbons (Fsp3) is 0.111. The Balaban J connectivity index is 1.87. The highest BCUT2D eigenvalue weighted by Crippen LogP contribution is 2.38. The van der Waals surface area contributed by atoms with E-state index in [1.165, 1.54) is 4.90 Å². The van der Waals surface area contributed by atoms with Gasteiger partial charge in [-0.05, 0) is 79.0 Å². The molecule has 0 unspecified atom stereocenters. The average molecular weight is 518 g/mol. The molecule has 0 N–H and O–H groups in total. The van der Waals surface area contributed by atoms with Gasteiger partial charge in [0.15, 0.2) is 0 Å². The average Bonchev–Trinajstić information content (AvgIpc) is 2.84. The molecule has 2 aromatic rings. The molecule has 0 spiro atoms. The van der Waals surface area contributed by atoms with Crippen LogP contribution in [0.2, 0.25) is 5.02 Å². The van der Waals surface area contributed by atoms with Crippen LogP contribution in [0.5, 0.6) is 5.75 Å². The van der Waals surface area contributed by atoms with Crippen LogP contribution in [0.15, 0.2) is 50.2 Å². The van der Waals surface area contributed by atoms with Crippen LogP contribution in [0.3, 0.4) is 0 Å². The smallest absolute Gasteiger partial charge is 0.293 e. The van der Waals surface area contributed by atoms with E-state index in [-0.39, 0.29) is 17.7 Å². The largest absolute Gasteiger partial charge is 0.494 e. The van der Waals surface area contributed by atoms with E-state index in [4.69, 9.17) is 16.3 Å². The Bertz CT molecular complexity index is 909. The molecule has 134 valence electrons. The Morgan fingerprint density at radius 2 is 1.85 bits per heavy atom. The van der Waals surface area contributed by atoms with Gasteiger partial charge in [-0.1, -0.05) is 29.8 Å². The van der Waals surface area contributed by atoms with Crippen LogP contribution in [0.4, 0.5) is 4.79 Å². The van der Waals surface area contributed by atoms with Crippen molar-refractivity contribution in [3.63, 3.8) is 0 Å². The summed E-state index contributed by atoms with van der Waals surface area (Å²) in [5.41, 5.74) is 1.50. The van der Waals surface area contributed by atoms with Gasteiger partial charge in [-0.25, -0.2) is 0 Å². The third-order valence-electron chi connectivity index (χ3n) is 3.68. The van der Waals surface area contributed by atoms with Crippen LogP contribution in [-0.4, -0.2) is 23.2 Å². The van der Waals surface area contributed by atoms with Crippen molar-refractivity contribution in [1.29, 1.82) is 0 Å². The number of halogens is 3. The normalized spacial score (nSPS) is 15.8. The molecular formula is C18H12Br2ClNO3S. The number of ether oxygens (including phenoxy) is 1. The Labute approximate surface area is 176 Å². The second-order valence-electron chi connectivity index (χ2n) is 5.38. The molecule has 0 atom stereocenters. The van der Waals surface area contributed by atoms with Gasteiger partial charge in [-0.2, -0.15) is 0 Å². The number of hydrogen-bond acceptors (Lipinski definition) is 4. The lowest BCUT2D eigenvalue weighted by Gasteiger charge is -2.13. The zero-order valence-electron chi connectivity index (χ0n) is 13.5. The van der Waals surface area contributed by atoms with E-state index in [0.717, 1.165) is 31.8 Å². The number of imide groups is 1. The summed E-state index contributed by atoms with van der Waals surface area (Å²) in [5.74, 6) is 0.331. The molecule has 4 nitrogen and oxygen atoms in total. The summed E-state index contributed by atoms with van der Waals surface area (Å²) in [7, 11) is 1.57. The van der Waals surface area contributed by atoms with Gasteiger partial charge in [0, 0.05) is 5.02 Å². The monoisotopic (exact) mass is 515 g/mol. The summed E-state index contributed by atoms with van der Waals surface area (Å²) in [6.45, 7) is 0.150. The van der Waals surface area contributed by atoms with E-state index in [9.17, 15) is 9.59 Å². The number of amides is 2. The van der Waals surface area contributed by atoms with Crippen molar-refractivity contribution in [3.8, 4) is 5.75 Å². The van der Waals surface area contributed by atoms with Crippen molar-refractivity contribution in [2.75, 3.05) is 7.11 Å². The summed E-state index contributed by atoms with van der Waals surface area (Å²) < 4.78 is 6.76. The molecule has 8 heteroatoms. The molecule has 3 rings (SSSR count). The van der Waals surface area contributed by atoms with Gasteiger partial charge >= 0.3 is 0 Å². The molecule has 1 fully saturated rings. The van der Waals surface area contributed by atoms with Crippen molar-refractivity contribution >= 4 is 72.4 Å². The highest BCUT2D eigenvalue weighted by Gasteiger charge is 2.35. The maximum atomic E-state index is 12.7. The summed E-state index contributed by atoms with van der Waals surface area (Å²) >= 11 is 13.9. The van der Waals surface area contributed by atoms with Crippen LogP contribution in [0.1, 0.15) is 11.1 Å². The fourth-order valence-corrected chi connectivity index (χ4v) is 5.02. The van der Waals surface area contributed by atoms with E-state index >= 15 is 0 Å². The van der Waals surface area contributed by atoms with Gasteiger partial charge in [0.2, 0.25) is 0 Å². The maximum absolute atomic E-state index is 12.7. The lowest BCUT2D eigenvalue weighted by molar-refractivity contribution is -0.123. The number of rotatable bonds is 4. The summed E-state index contributed by atoms with van der Waals surface area (Å²) in [5, 5.41) is 0.214. The van der Waals surface area contributed by atoms with Crippen LogP contribution in [-0.2, 0) is 11.3 Å². The Kier molecular flexibility index (Phi) is 6.12. The summed E-state index contributed by atoms with van der Waals surface area (Å²) in [6.07, 6.45) is 1.69. The molecule has 1 aliphatic rings. The molecule has 1 heterocycles. The van der Waals surface area contributed by atoms with Crippen molar-refractivity contribution in [3.05, 3.63) is 66.4 Å². The van der Waals surface area contributed by atoms with E-state index in [1.807, 2.05) is 18.2 Å². The minimum atomic E-state index is -0.331. The molecule has 1 saturated heterocycles. The maximum Gasteiger partial charge on any atom is 0.293 e. The predicted molar refractivity (Wildman–Crippen MR) is 111 cm³/mol. The van der Waals surface area contributed by atoms with E-state index in [1.54, 1.807) is 31.4 Å². The van der Waals surface area contributed by atoms with Crippen LogP contribution >= 0.6 is 55.2 Å². The molecule has 2 aromatic carbocycles. The van der Waals surface area contributed by atoms with Gasteiger partial charge in [-0.3, -0.25) is 14.5 Å². The third-order valence-corrected chi connectivity index (χ3v) is 6.14. The van der Waals surface area contributed by atoms with Gasteiger partial charge in [0.05, 0.1) is 27.5 Å². The number of carbonyl (C=O) groups is 2. The molecule has 0 aromatic heterocycles. The SMILES string of the molecule is COc1c(Br)cc(/C=C2\SC(=O)N(Cc3ccccc3Cl)C2=O)cc1Br. The second kappa shape index (κ2) is 8.17. The highest BCUT2D eigenvalue weighted by molar-refractivity contribution is 9.11. The predicted octanol–water partition coefficient (Wildman–Crippen LogP) is 6.11. The Hall–Kier alpha value is -1.28. The van der Waals surface area contributed by atoms with Gasteiger partial charge < -0.3 is 4.74 Å². The molecule has 0 bridgehead atoms. The topological polar surface area (TPSA) is 46.6 Å². The third kappa shape index (κ3) is 4.01. The van der Waals surface area contributed by atoms with E-state index in [2.05, 4.69) is 31.9 Å². The lowest BCUT2D eigenvalue weighted by Crippen LogP contribution is -2.27. The standard InChI is InChI=1S/C18H12Br2ClNO3S/c1-25-16-12(19)6-10(7-13(16)20)8-15-17(23)22(18(24)26-15)9-11-4-2-3-5-14(11)21/h2-8H,9H2,1H3/b15-8-. The molecule has 26 heavy (non-hydrogen) atoms. The van der Waals surface area contributed by atoms with E-state index in [0.29, 0.717) is 15.7 Å². The zero-order valence-corrected chi connectivity index (χ0v) is 18.2. The number of nitrogens with zero attached hydrogens (tertiary/aromatic N) is 1. The molecule has 0 saturated carbocycles. The quantitative estimate of drug-likeness (QED) is 0.459. The molecule has 2 amide bonds. The number of thioether (sulfide) groups is 1. The first-order chi connectivity index (χ1) is 12.4. The minimum absolute atomic E-state index is 0.150. The second-order valence-corrected chi connectivity index (χ2v) is 8.49. The van der Waals surface area contributed by atoms with Gasteiger partial charge in [0.1, 0.15) is 5.75 Å². The van der Waals surface area contributed by atoms with Gasteiger partial charge in [0.25, 0.3) is 11.1 Å². The Morgan fingerprint density at radius 3 is 2.46 bits per heavy atom. The fourth-order valence-electron chi connectivity index (χ4n) is 2.44. The van der Waals surface area contributed by atoms with E-state index < -0.39 is 0 Å². The first-order valence-corrected chi connectivity index (χ1v) is 10.2. The minimum Gasteiger partial charge on any atom is -0.494 e. The van der Waals surface area contributed by atoms with Crippen molar-refractivity contribution in [1.82, 2.24) is 4.90 Å². The molecule has 1 aliphatic heterocycles. The molecule has 0 aliphatic carbocycles. The first kappa shape index (κ1) is 19.5. The summed E-state index contributed by atoms with van der Waals surface area (Å²) in [6, 6.07) is 10.8. The number of hydrogen-bond donors (Lipinski definition) is 0. The highest BCUT2D eigenvalue weighted by atomic mass is 79.9. The number of methoxy groups -OCH3 is 1. The lowest BCUT2D eigenvalue weighted by atomic mass is 10.2. The van der Waals surface area contributed by atoms with Crippen molar-refractivity contribution in [2.24, 2.45) is 0 Å².